The van der Waals surface area contributed by atoms with E-state index in [0.717, 1.165) is 0 Å². The number of aromatic hydroxyl groups is 1. The Balaban J connectivity index is 2.09. The Morgan fingerprint density at radius 2 is 1.73 bits per heavy atom. The number of hydrogen-bond donors (Lipinski definition) is 5. The fourth-order valence-electron chi connectivity index (χ4n) is 2.20. The minimum Gasteiger partial charge on any atom is -0.508 e. The summed E-state index contributed by atoms with van der Waals surface area (Å²) in [4.78, 5) is 12.1. The van der Waals surface area contributed by atoms with E-state index >= 15 is 0 Å². The first-order chi connectivity index (χ1) is 10.4. The average molecular weight is 310 g/mol. The van der Waals surface area contributed by atoms with Gasteiger partial charge >= 0.3 is 0 Å². The van der Waals surface area contributed by atoms with Crippen molar-refractivity contribution in [2.75, 3.05) is 6.61 Å². The lowest BCUT2D eigenvalue weighted by molar-refractivity contribution is -0.224. The predicted octanol–water partition coefficient (Wildman–Crippen LogP) is -1.18. The molecule has 0 amide bonds. The number of phenolic OH excluding ortho intramolecular Hbond substituents is 1. The SMILES string of the molecule is O=C(/C=C/c1ccc(O)cc1)[C@@H]1O[C@H](CO)[C@@H](O)[C@H](O)[C@H]1O. The molecule has 0 radical (unpaired) electrons. The van der Waals surface area contributed by atoms with Crippen LogP contribution in [0.5, 0.6) is 5.75 Å². The molecule has 0 bridgehead atoms. The molecule has 1 heterocycles. The molecule has 22 heavy (non-hydrogen) atoms. The van der Waals surface area contributed by atoms with Crippen molar-refractivity contribution >= 4 is 11.9 Å². The highest BCUT2D eigenvalue weighted by Gasteiger charge is 2.45. The lowest BCUT2D eigenvalue weighted by atomic mass is 9.93. The standard InChI is InChI=1S/C15H18O7/c16-7-11-12(19)13(20)14(21)15(22-11)10(18)6-3-8-1-4-9(17)5-2-8/h1-6,11-17,19-21H,7H2/b6-3+/t11-,12-,13+,14-,15+/m1/s1. The van der Waals surface area contributed by atoms with Crippen molar-refractivity contribution in [1.29, 1.82) is 0 Å². The number of phenols is 1. The summed E-state index contributed by atoms with van der Waals surface area (Å²) < 4.78 is 5.15. The van der Waals surface area contributed by atoms with E-state index in [9.17, 15) is 20.1 Å². The highest BCUT2D eigenvalue weighted by Crippen LogP contribution is 2.22. The molecule has 1 aliphatic heterocycles. The summed E-state index contributed by atoms with van der Waals surface area (Å²) in [5.74, 6) is -0.512. The zero-order valence-corrected chi connectivity index (χ0v) is 11.6. The summed E-state index contributed by atoms with van der Waals surface area (Å²) in [7, 11) is 0. The normalized spacial score (nSPS) is 32.3. The van der Waals surface area contributed by atoms with Crippen LogP contribution in [0.4, 0.5) is 0 Å². The highest BCUT2D eigenvalue weighted by molar-refractivity contribution is 5.97. The molecule has 7 heteroatoms. The smallest absolute Gasteiger partial charge is 0.187 e. The minimum atomic E-state index is -1.59. The first-order valence-corrected chi connectivity index (χ1v) is 6.75. The number of benzene rings is 1. The van der Waals surface area contributed by atoms with Crippen molar-refractivity contribution in [2.24, 2.45) is 0 Å². The summed E-state index contributed by atoms with van der Waals surface area (Å²) in [6, 6.07) is 6.09. The van der Waals surface area contributed by atoms with Crippen molar-refractivity contribution in [3.63, 3.8) is 0 Å². The molecule has 1 saturated heterocycles. The molecule has 5 atom stereocenters. The maximum absolute atomic E-state index is 12.1. The topological polar surface area (TPSA) is 127 Å². The third-order valence-electron chi connectivity index (χ3n) is 3.51. The second-order valence-corrected chi connectivity index (χ2v) is 5.08. The quantitative estimate of drug-likeness (QED) is 0.443. The summed E-state index contributed by atoms with van der Waals surface area (Å²) in [5.41, 5.74) is 0.649. The van der Waals surface area contributed by atoms with Crippen molar-refractivity contribution < 1.29 is 35.1 Å². The Kier molecular flexibility index (Phi) is 5.28. The summed E-state index contributed by atoms with van der Waals surface area (Å²) in [6.45, 7) is -0.587. The molecule has 1 aromatic carbocycles. The van der Waals surface area contributed by atoms with Gasteiger partial charge < -0.3 is 30.3 Å². The largest absolute Gasteiger partial charge is 0.508 e. The van der Waals surface area contributed by atoms with Crippen LogP contribution in [-0.4, -0.2) is 68.4 Å². The Morgan fingerprint density at radius 3 is 2.32 bits per heavy atom. The Labute approximate surface area is 126 Å². The first kappa shape index (κ1) is 16.6. The van der Waals surface area contributed by atoms with Crippen LogP contribution in [0, 0.1) is 0 Å². The molecular weight excluding hydrogens is 292 g/mol. The molecule has 7 nitrogen and oxygen atoms in total. The van der Waals surface area contributed by atoms with Gasteiger partial charge in [0.25, 0.3) is 0 Å². The van der Waals surface area contributed by atoms with Crippen LogP contribution in [0.25, 0.3) is 6.08 Å². The second kappa shape index (κ2) is 6.99. The van der Waals surface area contributed by atoms with Gasteiger partial charge in [-0.1, -0.05) is 18.2 Å². The number of carbonyl (C=O) groups excluding carboxylic acids is 1. The Hall–Kier alpha value is -1.77. The van der Waals surface area contributed by atoms with Gasteiger partial charge in [-0.3, -0.25) is 4.79 Å². The zero-order valence-electron chi connectivity index (χ0n) is 11.6. The van der Waals surface area contributed by atoms with Crippen molar-refractivity contribution in [2.45, 2.75) is 30.5 Å². The molecule has 1 aromatic rings. The third kappa shape index (κ3) is 3.52. The fourth-order valence-corrected chi connectivity index (χ4v) is 2.20. The van der Waals surface area contributed by atoms with Gasteiger partial charge in [-0.15, -0.1) is 0 Å². The van der Waals surface area contributed by atoms with E-state index in [0.29, 0.717) is 5.56 Å². The van der Waals surface area contributed by atoms with E-state index in [1.165, 1.54) is 24.3 Å². The Morgan fingerprint density at radius 1 is 1.09 bits per heavy atom. The number of hydrogen-bond acceptors (Lipinski definition) is 7. The predicted molar refractivity (Wildman–Crippen MR) is 75.9 cm³/mol. The molecule has 0 aliphatic carbocycles. The maximum atomic E-state index is 12.1. The summed E-state index contributed by atoms with van der Waals surface area (Å²) >= 11 is 0. The highest BCUT2D eigenvalue weighted by atomic mass is 16.5. The van der Waals surface area contributed by atoms with E-state index in [4.69, 9.17) is 14.9 Å². The van der Waals surface area contributed by atoms with Crippen molar-refractivity contribution in [3.05, 3.63) is 35.9 Å². The number of ether oxygens (including phenoxy) is 1. The van der Waals surface area contributed by atoms with Gasteiger partial charge in [0, 0.05) is 0 Å². The monoisotopic (exact) mass is 310 g/mol. The lowest BCUT2D eigenvalue weighted by Crippen LogP contribution is -2.60. The number of rotatable bonds is 4. The van der Waals surface area contributed by atoms with Crippen LogP contribution in [-0.2, 0) is 9.53 Å². The lowest BCUT2D eigenvalue weighted by Gasteiger charge is -2.38. The van der Waals surface area contributed by atoms with Crippen molar-refractivity contribution in [3.8, 4) is 5.75 Å². The van der Waals surface area contributed by atoms with E-state index in [-0.39, 0.29) is 5.75 Å². The molecule has 5 N–H and O–H groups in total. The maximum Gasteiger partial charge on any atom is 0.187 e. The van der Waals surface area contributed by atoms with Crippen molar-refractivity contribution in [1.82, 2.24) is 0 Å². The summed E-state index contributed by atoms with van der Waals surface area (Å²) in [5, 5.41) is 47.3. The Bertz CT molecular complexity index is 537. The second-order valence-electron chi connectivity index (χ2n) is 5.08. The van der Waals surface area contributed by atoms with Crippen LogP contribution in [0.1, 0.15) is 5.56 Å². The van der Waals surface area contributed by atoms with Gasteiger partial charge in [-0.25, -0.2) is 0 Å². The molecule has 1 aliphatic rings. The van der Waals surface area contributed by atoms with Gasteiger partial charge in [0.1, 0.15) is 36.3 Å². The third-order valence-corrected chi connectivity index (χ3v) is 3.51. The van der Waals surface area contributed by atoms with Gasteiger partial charge in [-0.05, 0) is 23.8 Å². The van der Waals surface area contributed by atoms with Crippen LogP contribution in [0.2, 0.25) is 0 Å². The fraction of sp³-hybridized carbons (Fsp3) is 0.400. The van der Waals surface area contributed by atoms with Crippen LogP contribution < -0.4 is 0 Å². The van der Waals surface area contributed by atoms with Gasteiger partial charge in [-0.2, -0.15) is 0 Å². The van der Waals surface area contributed by atoms with Gasteiger partial charge in [0.05, 0.1) is 6.61 Å². The number of carbonyl (C=O) groups is 1. The van der Waals surface area contributed by atoms with E-state index in [1.54, 1.807) is 12.1 Å². The molecule has 2 rings (SSSR count). The molecule has 1 fully saturated rings. The van der Waals surface area contributed by atoms with E-state index in [1.807, 2.05) is 0 Å². The van der Waals surface area contributed by atoms with Gasteiger partial charge in [0.2, 0.25) is 0 Å². The number of ketones is 1. The molecule has 0 aromatic heterocycles. The molecule has 0 saturated carbocycles. The summed E-state index contributed by atoms with van der Waals surface area (Å²) in [6.07, 6.45) is -4.53. The zero-order chi connectivity index (χ0) is 16.3. The van der Waals surface area contributed by atoms with Crippen LogP contribution >= 0.6 is 0 Å². The van der Waals surface area contributed by atoms with E-state index < -0.39 is 42.9 Å². The number of aliphatic hydroxyl groups is 4. The minimum absolute atomic E-state index is 0.0948. The number of aliphatic hydroxyl groups excluding tert-OH is 4. The van der Waals surface area contributed by atoms with Gasteiger partial charge in [0.15, 0.2) is 5.78 Å². The molecule has 0 unspecified atom stereocenters. The van der Waals surface area contributed by atoms with E-state index in [2.05, 4.69) is 0 Å². The molecule has 0 spiro atoms. The van der Waals surface area contributed by atoms with Crippen LogP contribution in [0.3, 0.4) is 0 Å². The first-order valence-electron chi connectivity index (χ1n) is 6.75. The molecule has 120 valence electrons. The molecular formula is C15H18O7. The average Bonchev–Trinajstić information content (AvgIpc) is 2.52. The van der Waals surface area contributed by atoms with Crippen LogP contribution in [0.15, 0.2) is 30.3 Å².